The molecule has 0 aliphatic carbocycles. The molecule has 0 aromatic heterocycles. The van der Waals surface area contributed by atoms with Crippen molar-refractivity contribution in [1.29, 1.82) is 0 Å². The van der Waals surface area contributed by atoms with E-state index in [2.05, 4.69) is 0 Å². The Kier molecular flexibility index (Phi) is 5.59. The Morgan fingerprint density at radius 3 is 2.60 bits per heavy atom. The van der Waals surface area contributed by atoms with Gasteiger partial charge in [-0.1, -0.05) is 54.1 Å². The lowest BCUT2D eigenvalue weighted by Gasteiger charge is -2.23. The van der Waals surface area contributed by atoms with Crippen molar-refractivity contribution in [2.45, 2.75) is 19.1 Å². The molecule has 1 unspecified atom stereocenters. The number of halogens is 3. The Hall–Kier alpha value is -3.12. The molecule has 3 aromatic carbocycles. The van der Waals surface area contributed by atoms with Crippen LogP contribution in [0.3, 0.4) is 0 Å². The maximum absolute atomic E-state index is 14.4. The molecule has 0 fully saturated rings. The van der Waals surface area contributed by atoms with Gasteiger partial charge in [0.1, 0.15) is 11.9 Å². The van der Waals surface area contributed by atoms with E-state index >= 15 is 0 Å². The van der Waals surface area contributed by atoms with E-state index in [1.807, 2.05) is 30.3 Å². The summed E-state index contributed by atoms with van der Waals surface area (Å²) in [7, 11) is 0. The van der Waals surface area contributed by atoms with Crippen LogP contribution in [0.25, 0.3) is 11.1 Å². The van der Waals surface area contributed by atoms with Crippen molar-refractivity contribution in [3.8, 4) is 16.9 Å². The second-order valence-electron chi connectivity index (χ2n) is 7.14. The van der Waals surface area contributed by atoms with Crippen molar-refractivity contribution >= 4 is 17.7 Å². The predicted octanol–water partition coefficient (Wildman–Crippen LogP) is 5.77. The molecular weight excluding hydrogens is 412 g/mol. The molecule has 154 valence electrons. The lowest BCUT2D eigenvalue weighted by atomic mass is 10.00. The number of rotatable bonds is 5. The first-order valence-electron chi connectivity index (χ1n) is 9.37. The largest absolute Gasteiger partial charge is 0.487 e. The zero-order valence-corrected chi connectivity index (χ0v) is 16.6. The van der Waals surface area contributed by atoms with E-state index in [1.165, 1.54) is 23.1 Å². The Morgan fingerprint density at radius 1 is 1.10 bits per heavy atom. The second kappa shape index (κ2) is 8.32. The van der Waals surface area contributed by atoms with Crippen LogP contribution in [0.4, 0.5) is 13.6 Å². The van der Waals surface area contributed by atoms with E-state index in [0.29, 0.717) is 22.8 Å². The van der Waals surface area contributed by atoms with E-state index in [4.69, 9.17) is 16.3 Å². The van der Waals surface area contributed by atoms with Gasteiger partial charge >= 0.3 is 6.09 Å². The van der Waals surface area contributed by atoms with Gasteiger partial charge in [0.15, 0.2) is 11.6 Å². The highest BCUT2D eigenvalue weighted by atomic mass is 35.5. The normalized spacial score (nSPS) is 14.8. The number of ether oxygens (including phenoxy) is 1. The predicted molar refractivity (Wildman–Crippen MR) is 110 cm³/mol. The van der Waals surface area contributed by atoms with Crippen molar-refractivity contribution in [2.24, 2.45) is 0 Å². The van der Waals surface area contributed by atoms with Gasteiger partial charge in [-0.3, -0.25) is 0 Å². The highest BCUT2D eigenvalue weighted by molar-refractivity contribution is 6.31. The fraction of sp³-hybridized carbons (Fsp3) is 0.174. The average molecular weight is 430 g/mol. The fourth-order valence-corrected chi connectivity index (χ4v) is 3.91. The number of nitrogens with zero attached hydrogens (tertiary/aromatic N) is 1. The number of hydrogen-bond acceptors (Lipinski definition) is 2. The fourth-order valence-electron chi connectivity index (χ4n) is 3.67. The van der Waals surface area contributed by atoms with Gasteiger partial charge in [0.05, 0.1) is 6.54 Å². The Bertz CT molecular complexity index is 1090. The van der Waals surface area contributed by atoms with Gasteiger partial charge in [0, 0.05) is 34.7 Å². The molecule has 1 heterocycles. The third kappa shape index (κ3) is 4.09. The summed E-state index contributed by atoms with van der Waals surface area (Å²) in [5.74, 6) is -1.54. The minimum atomic E-state index is -1.06. The summed E-state index contributed by atoms with van der Waals surface area (Å²) in [6.07, 6.45) is -1.11. The molecule has 1 aliphatic heterocycles. The van der Waals surface area contributed by atoms with E-state index in [1.54, 1.807) is 6.07 Å². The van der Waals surface area contributed by atoms with Crippen LogP contribution in [0.2, 0.25) is 5.02 Å². The van der Waals surface area contributed by atoms with Gasteiger partial charge in [-0.2, -0.15) is 0 Å². The van der Waals surface area contributed by atoms with E-state index in [9.17, 15) is 18.7 Å². The number of carboxylic acid groups (broad SMARTS) is 1. The number of hydrogen-bond donors (Lipinski definition) is 1. The number of amides is 1. The summed E-state index contributed by atoms with van der Waals surface area (Å²) in [4.78, 5) is 13.0. The molecule has 4 nitrogen and oxygen atoms in total. The lowest BCUT2D eigenvalue weighted by Crippen LogP contribution is -2.37. The highest BCUT2D eigenvalue weighted by Crippen LogP contribution is 2.42. The standard InChI is InChI=1S/C23H18ClF2NO3/c24-16-9-15-10-17(13-27(23(28)29)12-14-5-2-1-3-6-14)30-22(15)19(11-16)18-7-4-8-20(25)21(18)26/h1-9,11,17H,10,12-13H2,(H,28,29). The van der Waals surface area contributed by atoms with Crippen molar-refractivity contribution in [2.75, 3.05) is 6.54 Å². The van der Waals surface area contributed by atoms with E-state index in [0.717, 1.165) is 17.2 Å². The molecule has 7 heteroatoms. The summed E-state index contributed by atoms with van der Waals surface area (Å²) < 4.78 is 34.1. The SMILES string of the molecule is O=C(O)N(Cc1ccccc1)CC1Cc2cc(Cl)cc(-c3cccc(F)c3F)c2O1. The maximum Gasteiger partial charge on any atom is 0.407 e. The van der Waals surface area contributed by atoms with Crippen LogP contribution in [0.5, 0.6) is 5.75 Å². The maximum atomic E-state index is 14.4. The summed E-state index contributed by atoms with van der Waals surface area (Å²) in [6.45, 7) is 0.347. The zero-order chi connectivity index (χ0) is 21.3. The molecule has 0 radical (unpaired) electrons. The number of carbonyl (C=O) groups is 1. The molecule has 4 rings (SSSR count). The van der Waals surface area contributed by atoms with Gasteiger partial charge in [0.2, 0.25) is 0 Å². The van der Waals surface area contributed by atoms with Crippen LogP contribution in [-0.2, 0) is 13.0 Å². The molecule has 0 saturated heterocycles. The minimum absolute atomic E-state index is 0.0498. The van der Waals surface area contributed by atoms with Crippen LogP contribution in [0, 0.1) is 11.6 Å². The molecule has 30 heavy (non-hydrogen) atoms. The molecule has 0 saturated carbocycles. The summed E-state index contributed by atoms with van der Waals surface area (Å²) >= 11 is 6.21. The molecule has 1 aliphatic rings. The molecule has 1 amide bonds. The Morgan fingerprint density at radius 2 is 1.87 bits per heavy atom. The van der Waals surface area contributed by atoms with Gasteiger partial charge in [-0.05, 0) is 23.8 Å². The van der Waals surface area contributed by atoms with Crippen LogP contribution >= 0.6 is 11.6 Å². The van der Waals surface area contributed by atoms with Crippen LogP contribution < -0.4 is 4.74 Å². The number of fused-ring (bicyclic) bond motifs is 1. The molecule has 1 atom stereocenters. The van der Waals surface area contributed by atoms with Crippen LogP contribution in [-0.4, -0.2) is 28.7 Å². The first-order chi connectivity index (χ1) is 14.4. The van der Waals surface area contributed by atoms with Crippen LogP contribution in [0.1, 0.15) is 11.1 Å². The molecular formula is C23H18ClF2NO3. The zero-order valence-electron chi connectivity index (χ0n) is 15.8. The second-order valence-corrected chi connectivity index (χ2v) is 7.57. The topological polar surface area (TPSA) is 49.8 Å². The monoisotopic (exact) mass is 429 g/mol. The first-order valence-corrected chi connectivity index (χ1v) is 9.75. The van der Waals surface area contributed by atoms with Crippen molar-refractivity contribution < 1.29 is 23.4 Å². The van der Waals surface area contributed by atoms with Gasteiger partial charge in [-0.15, -0.1) is 0 Å². The third-order valence-electron chi connectivity index (χ3n) is 5.02. The van der Waals surface area contributed by atoms with E-state index < -0.39 is 23.8 Å². The number of benzene rings is 3. The Balaban J connectivity index is 1.60. The third-order valence-corrected chi connectivity index (χ3v) is 5.23. The smallest absolute Gasteiger partial charge is 0.407 e. The van der Waals surface area contributed by atoms with Gasteiger partial charge in [-0.25, -0.2) is 13.6 Å². The molecule has 1 N–H and O–H groups in total. The van der Waals surface area contributed by atoms with Crippen molar-refractivity contribution in [1.82, 2.24) is 4.90 Å². The highest BCUT2D eigenvalue weighted by Gasteiger charge is 2.30. The summed E-state index contributed by atoms with van der Waals surface area (Å²) in [5.41, 5.74) is 1.99. The van der Waals surface area contributed by atoms with Crippen molar-refractivity contribution in [3.05, 3.63) is 88.4 Å². The average Bonchev–Trinajstić information content (AvgIpc) is 3.12. The lowest BCUT2D eigenvalue weighted by molar-refractivity contribution is 0.113. The quantitative estimate of drug-likeness (QED) is 0.560. The van der Waals surface area contributed by atoms with Crippen molar-refractivity contribution in [3.63, 3.8) is 0 Å². The summed E-state index contributed by atoms with van der Waals surface area (Å²) in [5, 5.41) is 9.98. The van der Waals surface area contributed by atoms with Gasteiger partial charge < -0.3 is 14.7 Å². The van der Waals surface area contributed by atoms with Crippen LogP contribution in [0.15, 0.2) is 60.7 Å². The first kappa shape index (κ1) is 20.2. The van der Waals surface area contributed by atoms with Gasteiger partial charge in [0.25, 0.3) is 0 Å². The molecule has 0 spiro atoms. The van der Waals surface area contributed by atoms with E-state index in [-0.39, 0.29) is 18.7 Å². The summed E-state index contributed by atoms with van der Waals surface area (Å²) in [6, 6.07) is 16.4. The minimum Gasteiger partial charge on any atom is -0.487 e. The molecule has 0 bridgehead atoms. The molecule has 3 aromatic rings. The Labute approximate surface area is 177 Å².